The third-order valence-corrected chi connectivity index (χ3v) is 6.03. The van der Waals surface area contributed by atoms with Crippen LogP contribution >= 0.6 is 38.9 Å². The van der Waals surface area contributed by atoms with Gasteiger partial charge in [0.2, 0.25) is 0 Å². The van der Waals surface area contributed by atoms with Gasteiger partial charge in [0.05, 0.1) is 39.8 Å². The number of anilines is 1. The summed E-state index contributed by atoms with van der Waals surface area (Å²) in [5.41, 5.74) is 7.86. The van der Waals surface area contributed by atoms with Gasteiger partial charge in [-0.05, 0) is 28.1 Å². The van der Waals surface area contributed by atoms with Crippen molar-refractivity contribution in [1.82, 2.24) is 4.98 Å². The fourth-order valence-corrected chi connectivity index (χ4v) is 4.66. The van der Waals surface area contributed by atoms with Crippen molar-refractivity contribution in [3.63, 3.8) is 0 Å². The zero-order chi connectivity index (χ0) is 17.1. The first-order valence-electron chi connectivity index (χ1n) is 7.36. The lowest BCUT2D eigenvalue weighted by Gasteiger charge is -2.08. The molecule has 0 aromatic carbocycles. The first kappa shape index (κ1) is 17.7. The molecule has 0 fully saturated rings. The molecule has 1 atom stereocenters. The van der Waals surface area contributed by atoms with Crippen LogP contribution in [0.5, 0.6) is 0 Å². The van der Waals surface area contributed by atoms with Gasteiger partial charge in [-0.2, -0.15) is 0 Å². The molecule has 3 aromatic heterocycles. The van der Waals surface area contributed by atoms with Crippen molar-refractivity contribution in [3.8, 4) is 0 Å². The molecule has 8 heteroatoms. The highest BCUT2D eigenvalue weighted by Crippen LogP contribution is 2.40. The third kappa shape index (κ3) is 3.92. The Hall–Kier alpha value is -1.12. The molecule has 0 amide bonds. The van der Waals surface area contributed by atoms with Crippen LogP contribution in [0.25, 0.3) is 10.2 Å². The molecule has 0 aliphatic rings. The highest BCUT2D eigenvalue weighted by atomic mass is 79.9. The Morgan fingerprint density at radius 3 is 3.08 bits per heavy atom. The number of nitrogens with zero attached hydrogens (tertiary/aromatic N) is 1. The number of methoxy groups -OCH3 is 1. The molecule has 3 heterocycles. The molecule has 24 heavy (non-hydrogen) atoms. The molecule has 128 valence electrons. The van der Waals surface area contributed by atoms with E-state index in [2.05, 4.69) is 26.2 Å². The number of hydrogen-bond acceptors (Lipinski definition) is 6. The number of nitrogens with two attached hydrogens (primary N) is 1. The molecular weight excluding hydrogens is 414 g/mol. The van der Waals surface area contributed by atoms with Crippen LogP contribution < -0.4 is 11.1 Å². The summed E-state index contributed by atoms with van der Waals surface area (Å²) in [5.74, 6) is 0.856. The average Bonchev–Trinajstić information content (AvgIpc) is 3.15. The normalized spacial score (nSPS) is 12.7. The van der Waals surface area contributed by atoms with Gasteiger partial charge >= 0.3 is 0 Å². The minimum Gasteiger partial charge on any atom is -0.467 e. The minimum absolute atomic E-state index is 0.0608. The Morgan fingerprint density at radius 2 is 2.38 bits per heavy atom. The number of aromatic nitrogens is 1. The molecule has 0 aliphatic heterocycles. The van der Waals surface area contributed by atoms with Crippen LogP contribution in [0.4, 0.5) is 5.69 Å². The smallest absolute Gasteiger partial charge is 0.131 e. The van der Waals surface area contributed by atoms with E-state index in [9.17, 15) is 0 Å². The maximum absolute atomic E-state index is 6.19. The van der Waals surface area contributed by atoms with Gasteiger partial charge in [0.15, 0.2) is 0 Å². The van der Waals surface area contributed by atoms with Crippen molar-refractivity contribution in [2.24, 2.45) is 5.73 Å². The lowest BCUT2D eigenvalue weighted by atomic mass is 10.2. The van der Waals surface area contributed by atoms with Crippen LogP contribution in [0, 0.1) is 0 Å². The predicted molar refractivity (Wildman–Crippen MR) is 102 cm³/mol. The SMILES string of the molecule is COC[C@H](N)Cc1sc2c(NCc3ccco3)cc(Cl)nc2c1Br. The zero-order valence-corrected chi connectivity index (χ0v) is 16.2. The lowest BCUT2D eigenvalue weighted by Crippen LogP contribution is -2.27. The van der Waals surface area contributed by atoms with E-state index >= 15 is 0 Å². The minimum atomic E-state index is -0.0608. The highest BCUT2D eigenvalue weighted by molar-refractivity contribution is 9.10. The largest absolute Gasteiger partial charge is 0.467 e. The summed E-state index contributed by atoms with van der Waals surface area (Å²) in [6.45, 7) is 1.09. The van der Waals surface area contributed by atoms with Crippen LogP contribution in [0.3, 0.4) is 0 Å². The first-order chi connectivity index (χ1) is 11.6. The quantitative estimate of drug-likeness (QED) is 0.542. The summed E-state index contributed by atoms with van der Waals surface area (Å²) in [5, 5.41) is 3.81. The molecule has 3 rings (SSSR count). The second kappa shape index (κ2) is 7.84. The summed E-state index contributed by atoms with van der Waals surface area (Å²) < 4.78 is 12.5. The number of furan rings is 1. The topological polar surface area (TPSA) is 73.3 Å². The Morgan fingerprint density at radius 1 is 1.54 bits per heavy atom. The molecule has 0 saturated carbocycles. The van der Waals surface area contributed by atoms with Gasteiger partial charge in [0.25, 0.3) is 0 Å². The predicted octanol–water partition coefficient (Wildman–Crippen LogP) is 4.43. The van der Waals surface area contributed by atoms with Crippen LogP contribution in [0.2, 0.25) is 5.15 Å². The summed E-state index contributed by atoms with van der Waals surface area (Å²) in [6.07, 6.45) is 2.37. The van der Waals surface area contributed by atoms with Crippen molar-refractivity contribution < 1.29 is 9.15 Å². The summed E-state index contributed by atoms with van der Waals surface area (Å²) in [6, 6.07) is 5.55. The van der Waals surface area contributed by atoms with Gasteiger partial charge in [0, 0.05) is 30.5 Å². The first-order valence-corrected chi connectivity index (χ1v) is 9.35. The van der Waals surface area contributed by atoms with E-state index in [0.717, 1.165) is 31.0 Å². The monoisotopic (exact) mass is 429 g/mol. The van der Waals surface area contributed by atoms with E-state index in [0.29, 0.717) is 24.7 Å². The van der Waals surface area contributed by atoms with E-state index < -0.39 is 0 Å². The van der Waals surface area contributed by atoms with E-state index in [1.807, 2.05) is 18.2 Å². The molecule has 0 radical (unpaired) electrons. The second-order valence-electron chi connectivity index (χ2n) is 5.36. The Kier molecular flexibility index (Phi) is 5.78. The summed E-state index contributed by atoms with van der Waals surface area (Å²) in [7, 11) is 1.65. The van der Waals surface area contributed by atoms with Crippen LogP contribution in [-0.2, 0) is 17.7 Å². The van der Waals surface area contributed by atoms with Crippen LogP contribution in [0.15, 0.2) is 33.4 Å². The van der Waals surface area contributed by atoms with E-state index in [1.165, 1.54) is 0 Å². The molecule has 3 N–H and O–H groups in total. The van der Waals surface area contributed by atoms with Crippen molar-refractivity contribution in [3.05, 3.63) is 44.7 Å². The standard InChI is InChI=1S/C16H17BrClN3O2S/c1-22-8-9(19)5-12-14(17)15-16(24-12)11(6-13(18)21-15)20-7-10-3-2-4-23-10/h2-4,6,9H,5,7-8,19H2,1H3,(H,20,21)/t9-/m1/s1. The van der Waals surface area contributed by atoms with Crippen molar-refractivity contribution in [2.75, 3.05) is 19.0 Å². The molecule has 0 saturated heterocycles. The molecule has 5 nitrogen and oxygen atoms in total. The summed E-state index contributed by atoms with van der Waals surface area (Å²) >= 11 is 11.5. The molecular formula is C16H17BrClN3O2S. The second-order valence-corrected chi connectivity index (χ2v) is 7.65. The van der Waals surface area contributed by atoms with Crippen molar-refractivity contribution in [2.45, 2.75) is 19.0 Å². The molecule has 0 bridgehead atoms. The Balaban J connectivity index is 1.91. The summed E-state index contributed by atoms with van der Waals surface area (Å²) in [4.78, 5) is 5.58. The number of halogens is 2. The molecule has 0 aliphatic carbocycles. The Labute approximate surface area is 157 Å². The maximum atomic E-state index is 6.19. The maximum Gasteiger partial charge on any atom is 0.131 e. The van der Waals surface area contributed by atoms with Gasteiger partial charge < -0.3 is 20.2 Å². The number of nitrogens with one attached hydrogen (secondary N) is 1. The van der Waals surface area contributed by atoms with Gasteiger partial charge in [-0.1, -0.05) is 11.6 Å². The Bertz CT molecular complexity index is 822. The zero-order valence-electron chi connectivity index (χ0n) is 13.0. The van der Waals surface area contributed by atoms with Crippen LogP contribution in [0.1, 0.15) is 10.6 Å². The van der Waals surface area contributed by atoms with Gasteiger partial charge in [-0.15, -0.1) is 11.3 Å². The fraction of sp³-hybridized carbons (Fsp3) is 0.312. The number of thiophene rings is 1. The molecule has 3 aromatic rings. The highest BCUT2D eigenvalue weighted by Gasteiger charge is 2.17. The third-order valence-electron chi connectivity index (χ3n) is 3.48. The van der Waals surface area contributed by atoms with Gasteiger partial charge in [-0.3, -0.25) is 0 Å². The number of fused-ring (bicyclic) bond motifs is 1. The van der Waals surface area contributed by atoms with Gasteiger partial charge in [0.1, 0.15) is 10.9 Å². The molecule has 0 unspecified atom stereocenters. The van der Waals surface area contributed by atoms with E-state index in [-0.39, 0.29) is 6.04 Å². The fourth-order valence-electron chi connectivity index (χ4n) is 2.42. The number of rotatable bonds is 7. The van der Waals surface area contributed by atoms with Crippen LogP contribution in [-0.4, -0.2) is 24.7 Å². The van der Waals surface area contributed by atoms with Crippen molar-refractivity contribution >= 4 is 54.8 Å². The molecule has 0 spiro atoms. The number of ether oxygens (including phenoxy) is 1. The average molecular weight is 431 g/mol. The van der Waals surface area contributed by atoms with E-state index in [4.69, 9.17) is 26.5 Å². The number of pyridine rings is 1. The number of hydrogen-bond donors (Lipinski definition) is 2. The lowest BCUT2D eigenvalue weighted by molar-refractivity contribution is 0.180. The van der Waals surface area contributed by atoms with Gasteiger partial charge in [-0.25, -0.2) is 4.98 Å². The van der Waals surface area contributed by atoms with E-state index in [1.54, 1.807) is 24.7 Å². The van der Waals surface area contributed by atoms with Crippen molar-refractivity contribution in [1.29, 1.82) is 0 Å².